The van der Waals surface area contributed by atoms with Crippen LogP contribution < -0.4 is 15.6 Å². The van der Waals surface area contributed by atoms with Crippen LogP contribution in [0.5, 0.6) is 5.75 Å². The number of rotatable bonds is 5. The van der Waals surface area contributed by atoms with Crippen molar-refractivity contribution in [2.45, 2.75) is 19.9 Å². The van der Waals surface area contributed by atoms with Gasteiger partial charge in [0, 0.05) is 5.56 Å². The second-order valence-electron chi connectivity index (χ2n) is 6.03. The van der Waals surface area contributed by atoms with Gasteiger partial charge in [0.25, 0.3) is 11.5 Å². The number of nitrogens with one attached hydrogen (secondary N) is 2. The van der Waals surface area contributed by atoms with Gasteiger partial charge in [0.2, 0.25) is 0 Å². The van der Waals surface area contributed by atoms with Crippen molar-refractivity contribution in [3.63, 3.8) is 0 Å². The first kappa shape index (κ1) is 17.9. The standard InChI is InChI=1S/C20H20N2O3S/c1-12-6-9-17(25-3)15(11-12)13(2)21-19(23)14-7-8-16(22-20(14)24)18-5-4-10-26-18/h4-11,13H,1-3H3,(H,21,23)(H,22,24)/t13-/m0/s1. The predicted octanol–water partition coefficient (Wildman–Crippen LogP) is 3.91. The Kier molecular flexibility index (Phi) is 5.23. The van der Waals surface area contributed by atoms with Crippen molar-refractivity contribution in [3.8, 4) is 16.3 Å². The van der Waals surface area contributed by atoms with E-state index in [0.29, 0.717) is 11.4 Å². The minimum atomic E-state index is -0.417. The zero-order valence-electron chi connectivity index (χ0n) is 14.8. The lowest BCUT2D eigenvalue weighted by molar-refractivity contribution is 0.0938. The largest absolute Gasteiger partial charge is 0.496 e. The summed E-state index contributed by atoms with van der Waals surface area (Å²) in [6.07, 6.45) is 0. The summed E-state index contributed by atoms with van der Waals surface area (Å²) in [5.41, 5.74) is 2.32. The molecule has 0 fully saturated rings. The van der Waals surface area contributed by atoms with Gasteiger partial charge in [-0.3, -0.25) is 9.59 Å². The Bertz CT molecular complexity index is 977. The smallest absolute Gasteiger partial charge is 0.261 e. The normalized spacial score (nSPS) is 11.8. The number of ether oxygens (including phenoxy) is 1. The second kappa shape index (κ2) is 7.58. The number of carbonyl (C=O) groups excluding carboxylic acids is 1. The molecule has 0 unspecified atom stereocenters. The molecule has 2 aromatic heterocycles. The van der Waals surface area contributed by atoms with Gasteiger partial charge >= 0.3 is 0 Å². The average molecular weight is 368 g/mol. The van der Waals surface area contributed by atoms with Gasteiger partial charge in [0.15, 0.2) is 0 Å². The quantitative estimate of drug-likeness (QED) is 0.717. The van der Waals surface area contributed by atoms with E-state index in [1.54, 1.807) is 19.2 Å². The Morgan fingerprint density at radius 1 is 1.23 bits per heavy atom. The minimum Gasteiger partial charge on any atom is -0.496 e. The lowest BCUT2D eigenvalue weighted by Crippen LogP contribution is -2.31. The van der Waals surface area contributed by atoms with Crippen LogP contribution in [0.4, 0.5) is 0 Å². The number of thiophene rings is 1. The molecule has 1 aromatic carbocycles. The highest BCUT2D eigenvalue weighted by atomic mass is 32.1. The van der Waals surface area contributed by atoms with Crippen molar-refractivity contribution >= 4 is 17.2 Å². The van der Waals surface area contributed by atoms with Crippen LogP contribution in [0.1, 0.15) is 34.5 Å². The van der Waals surface area contributed by atoms with E-state index in [1.165, 1.54) is 11.3 Å². The van der Waals surface area contributed by atoms with Crippen molar-refractivity contribution in [1.29, 1.82) is 0 Å². The fraction of sp³-hybridized carbons (Fsp3) is 0.200. The monoisotopic (exact) mass is 368 g/mol. The van der Waals surface area contributed by atoms with E-state index >= 15 is 0 Å². The number of aromatic amines is 1. The molecule has 0 spiro atoms. The molecule has 134 valence electrons. The number of carbonyl (C=O) groups is 1. The van der Waals surface area contributed by atoms with Crippen LogP contribution in [-0.4, -0.2) is 18.0 Å². The van der Waals surface area contributed by atoms with Crippen LogP contribution in [0.15, 0.2) is 52.6 Å². The Labute approximate surface area is 155 Å². The summed E-state index contributed by atoms with van der Waals surface area (Å²) < 4.78 is 5.37. The van der Waals surface area contributed by atoms with Gasteiger partial charge in [-0.15, -0.1) is 11.3 Å². The highest BCUT2D eigenvalue weighted by Crippen LogP contribution is 2.26. The summed E-state index contributed by atoms with van der Waals surface area (Å²) in [7, 11) is 1.59. The molecule has 6 heteroatoms. The van der Waals surface area contributed by atoms with Gasteiger partial charge in [-0.2, -0.15) is 0 Å². The minimum absolute atomic E-state index is 0.0868. The van der Waals surface area contributed by atoms with Gasteiger partial charge in [0.1, 0.15) is 11.3 Å². The maximum Gasteiger partial charge on any atom is 0.261 e. The number of amides is 1. The number of H-pyrrole nitrogens is 1. The van der Waals surface area contributed by atoms with Crippen LogP contribution in [0, 0.1) is 6.92 Å². The molecule has 0 aliphatic heterocycles. The van der Waals surface area contributed by atoms with Crippen LogP contribution in [0.25, 0.3) is 10.6 Å². The molecule has 0 aliphatic rings. The van der Waals surface area contributed by atoms with E-state index in [1.807, 2.05) is 49.6 Å². The number of aromatic nitrogens is 1. The van der Waals surface area contributed by atoms with Crippen LogP contribution in [0.2, 0.25) is 0 Å². The van der Waals surface area contributed by atoms with Gasteiger partial charge in [-0.05, 0) is 43.5 Å². The SMILES string of the molecule is COc1ccc(C)cc1[C@H](C)NC(=O)c1ccc(-c2cccs2)[nH]c1=O. The number of methoxy groups -OCH3 is 1. The van der Waals surface area contributed by atoms with E-state index < -0.39 is 11.5 Å². The molecule has 1 atom stereocenters. The van der Waals surface area contributed by atoms with Crippen LogP contribution in [0.3, 0.4) is 0 Å². The zero-order chi connectivity index (χ0) is 18.7. The van der Waals surface area contributed by atoms with Crippen LogP contribution >= 0.6 is 11.3 Å². The van der Waals surface area contributed by atoms with E-state index in [-0.39, 0.29) is 11.6 Å². The summed E-state index contributed by atoms with van der Waals surface area (Å²) in [4.78, 5) is 28.6. The maximum absolute atomic E-state index is 12.6. The molecule has 2 heterocycles. The fourth-order valence-corrected chi connectivity index (χ4v) is 3.48. The molecule has 3 rings (SSSR count). The molecule has 3 aromatic rings. The molecule has 2 N–H and O–H groups in total. The fourth-order valence-electron chi connectivity index (χ4n) is 2.77. The van der Waals surface area contributed by atoms with Crippen molar-refractivity contribution in [1.82, 2.24) is 10.3 Å². The van der Waals surface area contributed by atoms with E-state index in [9.17, 15) is 9.59 Å². The third-order valence-corrected chi connectivity index (χ3v) is 5.04. The first-order valence-electron chi connectivity index (χ1n) is 8.22. The lowest BCUT2D eigenvalue weighted by atomic mass is 10.0. The predicted molar refractivity (Wildman–Crippen MR) is 104 cm³/mol. The highest BCUT2D eigenvalue weighted by Gasteiger charge is 2.18. The third-order valence-electron chi connectivity index (χ3n) is 4.14. The van der Waals surface area contributed by atoms with Crippen molar-refractivity contribution in [3.05, 3.63) is 74.9 Å². The first-order chi connectivity index (χ1) is 12.5. The topological polar surface area (TPSA) is 71.2 Å². The summed E-state index contributed by atoms with van der Waals surface area (Å²) in [5, 5.41) is 4.81. The first-order valence-corrected chi connectivity index (χ1v) is 9.10. The zero-order valence-corrected chi connectivity index (χ0v) is 15.6. The average Bonchev–Trinajstić information content (AvgIpc) is 3.16. The van der Waals surface area contributed by atoms with Gasteiger partial charge in [-0.1, -0.05) is 23.8 Å². The van der Waals surface area contributed by atoms with Crippen molar-refractivity contribution in [2.24, 2.45) is 0 Å². The highest BCUT2D eigenvalue weighted by molar-refractivity contribution is 7.13. The van der Waals surface area contributed by atoms with Crippen molar-refractivity contribution in [2.75, 3.05) is 7.11 Å². The molecular weight excluding hydrogens is 348 g/mol. The Balaban J connectivity index is 1.82. The molecule has 0 saturated carbocycles. The summed E-state index contributed by atoms with van der Waals surface area (Å²) in [6.45, 7) is 3.84. The van der Waals surface area contributed by atoms with E-state index in [2.05, 4.69) is 10.3 Å². The molecule has 0 saturated heterocycles. The summed E-state index contributed by atoms with van der Waals surface area (Å²) >= 11 is 1.53. The number of aryl methyl sites for hydroxylation is 1. The molecule has 5 nitrogen and oxygen atoms in total. The van der Waals surface area contributed by atoms with Gasteiger partial charge in [-0.25, -0.2) is 0 Å². The lowest BCUT2D eigenvalue weighted by Gasteiger charge is -2.18. The maximum atomic E-state index is 12.6. The molecule has 0 bridgehead atoms. The third kappa shape index (κ3) is 3.70. The van der Waals surface area contributed by atoms with Gasteiger partial charge in [0.05, 0.1) is 23.7 Å². The molecule has 26 heavy (non-hydrogen) atoms. The molecular formula is C20H20N2O3S. The Morgan fingerprint density at radius 2 is 2.04 bits per heavy atom. The second-order valence-corrected chi connectivity index (χ2v) is 6.98. The Morgan fingerprint density at radius 3 is 2.69 bits per heavy atom. The number of benzene rings is 1. The van der Waals surface area contributed by atoms with Crippen LogP contribution in [-0.2, 0) is 0 Å². The summed E-state index contributed by atoms with van der Waals surface area (Å²) in [5.74, 6) is 0.283. The molecule has 0 aliphatic carbocycles. The summed E-state index contributed by atoms with van der Waals surface area (Å²) in [6, 6.07) is 12.6. The van der Waals surface area contributed by atoms with Crippen molar-refractivity contribution < 1.29 is 9.53 Å². The molecule has 0 radical (unpaired) electrons. The Hall–Kier alpha value is -2.86. The number of pyridine rings is 1. The number of hydrogen-bond acceptors (Lipinski definition) is 4. The van der Waals surface area contributed by atoms with E-state index in [4.69, 9.17) is 4.74 Å². The molecule has 1 amide bonds. The van der Waals surface area contributed by atoms with E-state index in [0.717, 1.165) is 16.0 Å². The van der Waals surface area contributed by atoms with Gasteiger partial charge < -0.3 is 15.0 Å². The number of hydrogen-bond donors (Lipinski definition) is 2.